The second-order valence-electron chi connectivity index (χ2n) is 8.14. The molecule has 1 aromatic carbocycles. The van der Waals surface area contributed by atoms with Crippen molar-refractivity contribution in [2.45, 2.75) is 27.3 Å². The molecule has 9 nitrogen and oxygen atoms in total. The van der Waals surface area contributed by atoms with E-state index in [1.54, 1.807) is 28.4 Å². The molecule has 0 radical (unpaired) electrons. The molecule has 0 saturated carbocycles. The van der Waals surface area contributed by atoms with Gasteiger partial charge in [0.15, 0.2) is 5.82 Å². The fourth-order valence-corrected chi connectivity index (χ4v) is 3.84. The lowest BCUT2D eigenvalue weighted by Crippen LogP contribution is -2.14. The SMILES string of the molecule is Cc1ccc(Cn2ccc(NC(=O)c3cc(-c4cn(C)nc4C)nc4onc(C)c34)n2)cc1. The highest BCUT2D eigenvalue weighted by Gasteiger charge is 2.21. The first-order valence-electron chi connectivity index (χ1n) is 10.6. The predicted octanol–water partition coefficient (Wildman–Crippen LogP) is 4.05. The number of amides is 1. The Hall–Kier alpha value is -4.27. The summed E-state index contributed by atoms with van der Waals surface area (Å²) in [4.78, 5) is 17.8. The minimum atomic E-state index is -0.308. The van der Waals surface area contributed by atoms with Gasteiger partial charge in [-0.05, 0) is 32.4 Å². The third kappa shape index (κ3) is 4.00. The van der Waals surface area contributed by atoms with E-state index < -0.39 is 0 Å². The Kier molecular flexibility index (Phi) is 5.01. The largest absolute Gasteiger partial charge is 0.335 e. The summed E-state index contributed by atoms with van der Waals surface area (Å²) in [5.41, 5.74) is 5.90. The summed E-state index contributed by atoms with van der Waals surface area (Å²) in [6, 6.07) is 11.8. The highest BCUT2D eigenvalue weighted by Crippen LogP contribution is 2.28. The summed E-state index contributed by atoms with van der Waals surface area (Å²) >= 11 is 0. The zero-order chi connectivity index (χ0) is 23.1. The normalized spacial score (nSPS) is 11.3. The number of anilines is 1. The van der Waals surface area contributed by atoms with Crippen LogP contribution in [0.4, 0.5) is 5.82 Å². The van der Waals surface area contributed by atoms with Crippen molar-refractivity contribution >= 4 is 22.8 Å². The van der Waals surface area contributed by atoms with E-state index >= 15 is 0 Å². The van der Waals surface area contributed by atoms with Crippen LogP contribution in [0.15, 0.2) is 53.3 Å². The number of aryl methyl sites for hydroxylation is 4. The maximum absolute atomic E-state index is 13.3. The van der Waals surface area contributed by atoms with Crippen molar-refractivity contribution in [3.8, 4) is 11.3 Å². The molecule has 0 aliphatic rings. The van der Waals surface area contributed by atoms with Gasteiger partial charge in [0.1, 0.15) is 0 Å². The summed E-state index contributed by atoms with van der Waals surface area (Å²) in [6.07, 6.45) is 3.70. The van der Waals surface area contributed by atoms with Gasteiger partial charge in [-0.3, -0.25) is 14.2 Å². The minimum absolute atomic E-state index is 0.308. The smallest absolute Gasteiger partial charge is 0.259 e. The molecule has 33 heavy (non-hydrogen) atoms. The Morgan fingerprint density at radius 1 is 1.06 bits per heavy atom. The molecule has 9 heteroatoms. The van der Waals surface area contributed by atoms with Crippen LogP contribution in [0.25, 0.3) is 22.4 Å². The monoisotopic (exact) mass is 441 g/mol. The Bertz CT molecular complexity index is 1470. The first-order valence-corrected chi connectivity index (χ1v) is 10.6. The van der Waals surface area contributed by atoms with E-state index in [0.29, 0.717) is 40.4 Å². The predicted molar refractivity (Wildman–Crippen MR) is 124 cm³/mol. The zero-order valence-electron chi connectivity index (χ0n) is 18.8. The third-order valence-corrected chi connectivity index (χ3v) is 5.50. The molecule has 0 unspecified atom stereocenters. The van der Waals surface area contributed by atoms with Crippen LogP contribution in [0.5, 0.6) is 0 Å². The summed E-state index contributed by atoms with van der Waals surface area (Å²) in [5.74, 6) is 0.155. The van der Waals surface area contributed by atoms with Gasteiger partial charge < -0.3 is 9.84 Å². The number of carbonyl (C=O) groups is 1. The van der Waals surface area contributed by atoms with Crippen LogP contribution in [-0.2, 0) is 13.6 Å². The zero-order valence-corrected chi connectivity index (χ0v) is 18.8. The number of rotatable bonds is 5. The van der Waals surface area contributed by atoms with E-state index in [9.17, 15) is 4.79 Å². The fourth-order valence-electron chi connectivity index (χ4n) is 3.84. The molecule has 1 N–H and O–H groups in total. The van der Waals surface area contributed by atoms with Crippen LogP contribution in [0.3, 0.4) is 0 Å². The standard InChI is InChI=1S/C24H23N7O2/c1-14-5-7-17(8-6-14)12-31-10-9-21(28-31)26-23(32)18-11-20(19-13-30(4)27-15(19)2)25-24-22(18)16(3)29-33-24/h5-11,13H,12H2,1-4H3,(H,26,28,32). The Morgan fingerprint density at radius 3 is 2.58 bits per heavy atom. The van der Waals surface area contributed by atoms with Gasteiger partial charge in [0.2, 0.25) is 0 Å². The molecule has 4 heterocycles. The number of fused-ring (bicyclic) bond motifs is 1. The second kappa shape index (κ2) is 8.01. The molecule has 0 fully saturated rings. The molecule has 4 aromatic heterocycles. The number of nitrogens with zero attached hydrogens (tertiary/aromatic N) is 6. The second-order valence-corrected chi connectivity index (χ2v) is 8.14. The van der Waals surface area contributed by atoms with Crippen molar-refractivity contribution < 1.29 is 9.32 Å². The van der Waals surface area contributed by atoms with E-state index in [0.717, 1.165) is 16.8 Å². The summed E-state index contributed by atoms with van der Waals surface area (Å²) in [5, 5.41) is 16.4. The van der Waals surface area contributed by atoms with Crippen LogP contribution < -0.4 is 5.32 Å². The van der Waals surface area contributed by atoms with Gasteiger partial charge in [0.25, 0.3) is 11.6 Å². The van der Waals surface area contributed by atoms with Crippen molar-refractivity contribution in [3.05, 3.63) is 76.9 Å². The van der Waals surface area contributed by atoms with Crippen molar-refractivity contribution in [2.75, 3.05) is 5.32 Å². The topological polar surface area (TPSA) is 104 Å². The molecule has 0 bridgehead atoms. The van der Waals surface area contributed by atoms with Gasteiger partial charge in [-0.2, -0.15) is 10.2 Å². The van der Waals surface area contributed by atoms with Gasteiger partial charge >= 0.3 is 0 Å². The van der Waals surface area contributed by atoms with E-state index in [4.69, 9.17) is 4.52 Å². The number of nitrogens with one attached hydrogen (secondary N) is 1. The number of pyridine rings is 1. The molecule has 1 amide bonds. The van der Waals surface area contributed by atoms with Crippen LogP contribution in [-0.4, -0.2) is 35.6 Å². The molecular formula is C24H23N7O2. The van der Waals surface area contributed by atoms with Crippen molar-refractivity contribution in [1.82, 2.24) is 29.7 Å². The molecule has 5 aromatic rings. The summed E-state index contributed by atoms with van der Waals surface area (Å²) < 4.78 is 8.89. The molecule has 0 atom stereocenters. The molecule has 0 aliphatic heterocycles. The Labute approximate surface area is 190 Å². The third-order valence-electron chi connectivity index (χ3n) is 5.50. The molecule has 5 rings (SSSR count). The van der Waals surface area contributed by atoms with E-state index in [1.807, 2.05) is 26.4 Å². The van der Waals surface area contributed by atoms with Gasteiger partial charge in [-0.1, -0.05) is 35.0 Å². The first-order chi connectivity index (χ1) is 15.9. The van der Waals surface area contributed by atoms with Crippen molar-refractivity contribution in [3.63, 3.8) is 0 Å². The maximum Gasteiger partial charge on any atom is 0.259 e. The number of benzene rings is 1. The molecule has 0 aliphatic carbocycles. The van der Waals surface area contributed by atoms with Crippen LogP contribution in [0.2, 0.25) is 0 Å². The molecular weight excluding hydrogens is 418 g/mol. The molecule has 0 saturated heterocycles. The first kappa shape index (κ1) is 20.6. The van der Waals surface area contributed by atoms with Crippen LogP contribution in [0, 0.1) is 20.8 Å². The number of hydrogen-bond acceptors (Lipinski definition) is 6. The minimum Gasteiger partial charge on any atom is -0.335 e. The maximum atomic E-state index is 13.3. The number of aromatic nitrogens is 6. The highest BCUT2D eigenvalue weighted by molar-refractivity contribution is 6.12. The van der Waals surface area contributed by atoms with Gasteiger partial charge in [0.05, 0.1) is 34.6 Å². The summed E-state index contributed by atoms with van der Waals surface area (Å²) in [7, 11) is 1.84. The quantitative estimate of drug-likeness (QED) is 0.441. The van der Waals surface area contributed by atoms with Crippen LogP contribution >= 0.6 is 0 Å². The Balaban J connectivity index is 1.45. The lowest BCUT2D eigenvalue weighted by atomic mass is 10.1. The average Bonchev–Trinajstić information content (AvgIpc) is 3.48. The fraction of sp³-hybridized carbons (Fsp3) is 0.208. The highest BCUT2D eigenvalue weighted by atomic mass is 16.5. The molecule has 0 spiro atoms. The van der Waals surface area contributed by atoms with E-state index in [-0.39, 0.29) is 5.91 Å². The molecule has 166 valence electrons. The lowest BCUT2D eigenvalue weighted by molar-refractivity contribution is 0.102. The van der Waals surface area contributed by atoms with Gasteiger partial charge in [-0.25, -0.2) is 4.98 Å². The van der Waals surface area contributed by atoms with E-state index in [2.05, 4.69) is 56.8 Å². The van der Waals surface area contributed by atoms with Gasteiger partial charge in [0, 0.05) is 31.1 Å². The van der Waals surface area contributed by atoms with E-state index in [1.165, 1.54) is 5.56 Å². The summed E-state index contributed by atoms with van der Waals surface area (Å²) in [6.45, 7) is 6.35. The van der Waals surface area contributed by atoms with Crippen LogP contribution in [0.1, 0.15) is 32.9 Å². The Morgan fingerprint density at radius 2 is 1.85 bits per heavy atom. The number of hydrogen-bond donors (Lipinski definition) is 1. The lowest BCUT2D eigenvalue weighted by Gasteiger charge is -2.07. The van der Waals surface area contributed by atoms with Gasteiger partial charge in [-0.15, -0.1) is 0 Å². The van der Waals surface area contributed by atoms with Crippen molar-refractivity contribution in [2.24, 2.45) is 7.05 Å². The number of carbonyl (C=O) groups excluding carboxylic acids is 1. The average molecular weight is 441 g/mol. The van der Waals surface area contributed by atoms with Crippen molar-refractivity contribution in [1.29, 1.82) is 0 Å².